The number of amides is 1. The third-order valence-electron chi connectivity index (χ3n) is 2.98. The Bertz CT molecular complexity index is 401. The number of nitrogens with one attached hydrogen (secondary N) is 2. The summed E-state index contributed by atoms with van der Waals surface area (Å²) in [6, 6.07) is 8.03. The van der Waals surface area contributed by atoms with Crippen LogP contribution in [0.5, 0.6) is 0 Å². The Morgan fingerprint density at radius 3 is 3.17 bits per heavy atom. The van der Waals surface area contributed by atoms with Gasteiger partial charge in [-0.25, -0.2) is 0 Å². The van der Waals surface area contributed by atoms with Crippen LogP contribution in [-0.4, -0.2) is 38.3 Å². The summed E-state index contributed by atoms with van der Waals surface area (Å²) in [5.74, 6) is 0.0507. The van der Waals surface area contributed by atoms with Gasteiger partial charge < -0.3 is 15.4 Å². The second-order valence-electron chi connectivity index (χ2n) is 4.67. The largest absolute Gasteiger partial charge is 0.374 e. The first-order valence-electron chi connectivity index (χ1n) is 6.38. The van der Waals surface area contributed by atoms with E-state index in [4.69, 9.17) is 4.74 Å². The predicted octanol–water partition coefficient (Wildman–Crippen LogP) is 0.642. The molecular weight excluding hydrogens is 228 g/mol. The van der Waals surface area contributed by atoms with Crippen molar-refractivity contribution in [3.8, 4) is 0 Å². The Hall–Kier alpha value is -1.39. The van der Waals surface area contributed by atoms with Gasteiger partial charge in [-0.2, -0.15) is 0 Å². The van der Waals surface area contributed by atoms with E-state index in [-0.39, 0.29) is 12.0 Å². The minimum Gasteiger partial charge on any atom is -0.374 e. The van der Waals surface area contributed by atoms with E-state index < -0.39 is 0 Å². The maximum Gasteiger partial charge on any atom is 0.224 e. The van der Waals surface area contributed by atoms with Crippen LogP contribution in [0.2, 0.25) is 0 Å². The summed E-state index contributed by atoms with van der Waals surface area (Å²) in [7, 11) is 0. The van der Waals surface area contributed by atoms with Crippen LogP contribution in [0.25, 0.3) is 0 Å². The van der Waals surface area contributed by atoms with Crippen molar-refractivity contribution in [2.24, 2.45) is 0 Å². The molecule has 1 atom stereocenters. The van der Waals surface area contributed by atoms with Crippen LogP contribution >= 0.6 is 0 Å². The van der Waals surface area contributed by atoms with Crippen LogP contribution in [-0.2, 0) is 16.0 Å². The summed E-state index contributed by atoms with van der Waals surface area (Å²) in [6.45, 7) is 5.04. The highest BCUT2D eigenvalue weighted by Crippen LogP contribution is 2.04. The van der Waals surface area contributed by atoms with Gasteiger partial charge in [-0.3, -0.25) is 4.79 Å². The van der Waals surface area contributed by atoms with Crippen molar-refractivity contribution in [2.45, 2.75) is 19.4 Å². The van der Waals surface area contributed by atoms with E-state index in [2.05, 4.69) is 10.6 Å². The highest BCUT2D eigenvalue weighted by Gasteiger charge is 2.14. The number of carbonyl (C=O) groups is 1. The minimum atomic E-state index is 0.0507. The van der Waals surface area contributed by atoms with Gasteiger partial charge in [0.05, 0.1) is 19.1 Å². The molecule has 0 radical (unpaired) electrons. The summed E-state index contributed by atoms with van der Waals surface area (Å²) in [5, 5.41) is 6.16. The molecule has 0 aromatic heterocycles. The van der Waals surface area contributed by atoms with Crippen molar-refractivity contribution in [2.75, 3.05) is 26.2 Å². The van der Waals surface area contributed by atoms with Gasteiger partial charge in [0.1, 0.15) is 0 Å². The number of aryl methyl sites for hydroxylation is 1. The van der Waals surface area contributed by atoms with E-state index in [0.717, 1.165) is 25.3 Å². The van der Waals surface area contributed by atoms with Gasteiger partial charge in [-0.1, -0.05) is 29.8 Å². The minimum absolute atomic E-state index is 0.0507. The quantitative estimate of drug-likeness (QED) is 0.822. The average molecular weight is 248 g/mol. The van der Waals surface area contributed by atoms with E-state index in [1.165, 1.54) is 5.56 Å². The van der Waals surface area contributed by atoms with Crippen LogP contribution in [0.4, 0.5) is 0 Å². The highest BCUT2D eigenvalue weighted by atomic mass is 16.5. The van der Waals surface area contributed by atoms with Crippen LogP contribution in [0.3, 0.4) is 0 Å². The number of benzene rings is 1. The van der Waals surface area contributed by atoms with Gasteiger partial charge in [-0.15, -0.1) is 0 Å². The lowest BCUT2D eigenvalue weighted by Gasteiger charge is -2.23. The van der Waals surface area contributed by atoms with Gasteiger partial charge in [0.2, 0.25) is 5.91 Å². The molecule has 0 bridgehead atoms. The molecule has 1 saturated heterocycles. The number of rotatable bonds is 4. The van der Waals surface area contributed by atoms with Gasteiger partial charge in [0, 0.05) is 19.6 Å². The molecule has 18 heavy (non-hydrogen) atoms. The Kier molecular flexibility index (Phi) is 4.73. The van der Waals surface area contributed by atoms with Gasteiger partial charge in [-0.05, 0) is 12.5 Å². The maximum absolute atomic E-state index is 11.8. The van der Waals surface area contributed by atoms with Crippen molar-refractivity contribution in [1.82, 2.24) is 10.6 Å². The average Bonchev–Trinajstić information content (AvgIpc) is 2.38. The molecule has 1 aliphatic rings. The molecule has 0 aliphatic carbocycles. The summed E-state index contributed by atoms with van der Waals surface area (Å²) >= 11 is 0. The Morgan fingerprint density at radius 1 is 1.56 bits per heavy atom. The fourth-order valence-electron chi connectivity index (χ4n) is 2.05. The smallest absolute Gasteiger partial charge is 0.224 e. The topological polar surface area (TPSA) is 50.4 Å². The number of hydrogen-bond acceptors (Lipinski definition) is 3. The van der Waals surface area contributed by atoms with Gasteiger partial charge in [0.15, 0.2) is 0 Å². The maximum atomic E-state index is 11.8. The molecule has 1 aliphatic heterocycles. The van der Waals surface area contributed by atoms with Gasteiger partial charge in [0.25, 0.3) is 0 Å². The third-order valence-corrected chi connectivity index (χ3v) is 2.98. The Labute approximate surface area is 108 Å². The fraction of sp³-hybridized carbons (Fsp3) is 0.500. The lowest BCUT2D eigenvalue weighted by Crippen LogP contribution is -2.45. The summed E-state index contributed by atoms with van der Waals surface area (Å²) < 4.78 is 5.52. The highest BCUT2D eigenvalue weighted by molar-refractivity contribution is 5.78. The first-order chi connectivity index (χ1) is 8.74. The summed E-state index contributed by atoms with van der Waals surface area (Å²) in [4.78, 5) is 11.8. The molecule has 98 valence electrons. The molecule has 2 rings (SSSR count). The van der Waals surface area contributed by atoms with E-state index in [9.17, 15) is 4.79 Å². The van der Waals surface area contributed by atoms with Crippen molar-refractivity contribution in [1.29, 1.82) is 0 Å². The van der Waals surface area contributed by atoms with Crippen LogP contribution in [0.15, 0.2) is 24.3 Å². The van der Waals surface area contributed by atoms with Gasteiger partial charge >= 0.3 is 0 Å². The molecule has 0 saturated carbocycles. The normalized spacial score (nSPS) is 19.5. The number of ether oxygens (including phenoxy) is 1. The molecule has 1 fully saturated rings. The molecule has 4 heteroatoms. The third kappa shape index (κ3) is 4.13. The monoisotopic (exact) mass is 248 g/mol. The van der Waals surface area contributed by atoms with E-state index in [1.54, 1.807) is 0 Å². The van der Waals surface area contributed by atoms with Crippen molar-refractivity contribution in [3.05, 3.63) is 35.4 Å². The zero-order chi connectivity index (χ0) is 12.8. The Morgan fingerprint density at radius 2 is 2.44 bits per heavy atom. The number of carbonyl (C=O) groups excluding carboxylic acids is 1. The molecule has 1 aromatic carbocycles. The molecular formula is C14H20N2O2. The van der Waals surface area contributed by atoms with Crippen LogP contribution < -0.4 is 10.6 Å². The zero-order valence-electron chi connectivity index (χ0n) is 10.7. The Balaban J connectivity index is 1.74. The first-order valence-corrected chi connectivity index (χ1v) is 6.38. The zero-order valence-corrected chi connectivity index (χ0v) is 10.7. The first kappa shape index (κ1) is 13.1. The molecule has 1 aromatic rings. The second-order valence-corrected chi connectivity index (χ2v) is 4.67. The standard InChI is InChI=1S/C14H20N2O2/c1-11-3-2-4-12(7-11)8-14(17)16-10-13-9-15-5-6-18-13/h2-4,7,13,15H,5-6,8-10H2,1H3,(H,16,17). The number of morpholine rings is 1. The van der Waals surface area contributed by atoms with Crippen molar-refractivity contribution >= 4 is 5.91 Å². The lowest BCUT2D eigenvalue weighted by molar-refractivity contribution is -0.121. The summed E-state index contributed by atoms with van der Waals surface area (Å²) in [6.07, 6.45) is 0.530. The second kappa shape index (κ2) is 6.52. The molecule has 2 N–H and O–H groups in total. The SMILES string of the molecule is Cc1cccc(CC(=O)NCC2CNCCO2)c1. The van der Waals surface area contributed by atoms with Crippen LogP contribution in [0, 0.1) is 6.92 Å². The lowest BCUT2D eigenvalue weighted by atomic mass is 10.1. The molecule has 1 unspecified atom stereocenters. The molecule has 1 heterocycles. The molecule has 1 amide bonds. The molecule has 0 spiro atoms. The van der Waals surface area contributed by atoms with E-state index in [1.807, 2.05) is 31.2 Å². The fourth-order valence-corrected chi connectivity index (χ4v) is 2.05. The summed E-state index contributed by atoms with van der Waals surface area (Å²) in [5.41, 5.74) is 2.23. The predicted molar refractivity (Wildman–Crippen MR) is 70.5 cm³/mol. The van der Waals surface area contributed by atoms with E-state index in [0.29, 0.717) is 13.0 Å². The van der Waals surface area contributed by atoms with Crippen LogP contribution in [0.1, 0.15) is 11.1 Å². The number of hydrogen-bond donors (Lipinski definition) is 2. The molecule has 4 nitrogen and oxygen atoms in total. The van der Waals surface area contributed by atoms with Crippen molar-refractivity contribution in [3.63, 3.8) is 0 Å². The van der Waals surface area contributed by atoms with E-state index >= 15 is 0 Å². The van der Waals surface area contributed by atoms with Crippen molar-refractivity contribution < 1.29 is 9.53 Å².